The van der Waals surface area contributed by atoms with Gasteiger partial charge in [-0.25, -0.2) is 0 Å². The van der Waals surface area contributed by atoms with E-state index in [0.717, 1.165) is 45.8 Å². The number of hydrogen-bond donors (Lipinski definition) is 1. The summed E-state index contributed by atoms with van der Waals surface area (Å²) in [6.45, 7) is 12.5. The zero-order valence-corrected chi connectivity index (χ0v) is 12.0. The minimum Gasteiger partial charge on any atom is -0.374 e. The summed E-state index contributed by atoms with van der Waals surface area (Å²) in [6.07, 6.45) is 1.90. The summed E-state index contributed by atoms with van der Waals surface area (Å²) >= 11 is 0. The lowest BCUT2D eigenvalue weighted by Gasteiger charge is -2.33. The second-order valence-electron chi connectivity index (χ2n) is 5.84. The van der Waals surface area contributed by atoms with Crippen LogP contribution in [0.15, 0.2) is 0 Å². The summed E-state index contributed by atoms with van der Waals surface area (Å²) < 4.78 is 5.75. The molecule has 1 atom stereocenters. The molecule has 0 aromatic heterocycles. The van der Waals surface area contributed by atoms with Crippen LogP contribution in [0.25, 0.3) is 0 Å². The summed E-state index contributed by atoms with van der Waals surface area (Å²) in [7, 11) is 0. The number of rotatable bonds is 7. The predicted molar refractivity (Wildman–Crippen MR) is 73.4 cm³/mol. The highest BCUT2D eigenvalue weighted by molar-refractivity contribution is 4.80. The third-order valence-electron chi connectivity index (χ3n) is 3.56. The van der Waals surface area contributed by atoms with E-state index in [9.17, 15) is 0 Å². The molecule has 1 heterocycles. The molecule has 1 fully saturated rings. The van der Waals surface area contributed by atoms with Crippen LogP contribution in [0.4, 0.5) is 0 Å². The van der Waals surface area contributed by atoms with Crippen LogP contribution in [0.3, 0.4) is 0 Å². The van der Waals surface area contributed by atoms with Gasteiger partial charge in [0.1, 0.15) is 0 Å². The molecule has 104 valence electrons. The minimum atomic E-state index is 0.189. The zero-order chi connectivity index (χ0) is 13.4. The van der Waals surface area contributed by atoms with Crippen LogP contribution in [-0.2, 0) is 4.74 Å². The van der Waals surface area contributed by atoms with Crippen molar-refractivity contribution in [2.75, 3.05) is 39.3 Å². The summed E-state index contributed by atoms with van der Waals surface area (Å²) in [5, 5.41) is 12.1. The molecule has 0 aliphatic carbocycles. The van der Waals surface area contributed by atoms with E-state index < -0.39 is 0 Å². The zero-order valence-electron chi connectivity index (χ0n) is 12.0. The van der Waals surface area contributed by atoms with Crippen LogP contribution in [0, 0.1) is 16.7 Å². The lowest BCUT2D eigenvalue weighted by atomic mass is 9.88. The average molecular weight is 253 g/mol. The third-order valence-corrected chi connectivity index (χ3v) is 3.56. The summed E-state index contributed by atoms with van der Waals surface area (Å²) in [5.74, 6) is 0. The second-order valence-corrected chi connectivity index (χ2v) is 5.84. The first-order valence-electron chi connectivity index (χ1n) is 6.99. The highest BCUT2D eigenvalue weighted by atomic mass is 16.5. The van der Waals surface area contributed by atoms with Gasteiger partial charge >= 0.3 is 0 Å². The number of ether oxygens (including phenoxy) is 1. The van der Waals surface area contributed by atoms with Gasteiger partial charge in [0.2, 0.25) is 0 Å². The van der Waals surface area contributed by atoms with Crippen molar-refractivity contribution in [3.63, 3.8) is 0 Å². The van der Waals surface area contributed by atoms with Gasteiger partial charge in [-0.15, -0.1) is 0 Å². The van der Waals surface area contributed by atoms with E-state index in [1.54, 1.807) is 0 Å². The van der Waals surface area contributed by atoms with E-state index in [-0.39, 0.29) is 5.41 Å². The first-order chi connectivity index (χ1) is 8.57. The van der Waals surface area contributed by atoms with Crippen LogP contribution in [0.5, 0.6) is 0 Å². The molecule has 0 spiro atoms. The third kappa shape index (κ3) is 5.81. The number of likely N-dealkylation sites (N-methyl/N-ethyl adjacent to an activating group) is 1. The largest absolute Gasteiger partial charge is 0.374 e. The van der Waals surface area contributed by atoms with Crippen molar-refractivity contribution in [3.8, 4) is 6.07 Å². The van der Waals surface area contributed by atoms with Crippen molar-refractivity contribution in [1.82, 2.24) is 10.2 Å². The maximum Gasteiger partial charge on any atom is 0.0826 e. The smallest absolute Gasteiger partial charge is 0.0826 e. The lowest BCUT2D eigenvalue weighted by molar-refractivity contribution is -0.0260. The highest BCUT2D eigenvalue weighted by Gasteiger charge is 2.21. The minimum absolute atomic E-state index is 0.189. The van der Waals surface area contributed by atoms with Gasteiger partial charge in [-0.1, -0.05) is 20.8 Å². The van der Waals surface area contributed by atoms with Crippen LogP contribution >= 0.6 is 0 Å². The molecule has 4 heteroatoms. The average Bonchev–Trinajstić information content (AvgIpc) is 2.36. The van der Waals surface area contributed by atoms with Crippen molar-refractivity contribution >= 4 is 0 Å². The molecular weight excluding hydrogens is 226 g/mol. The molecule has 4 nitrogen and oxygen atoms in total. The Kier molecular flexibility index (Phi) is 6.62. The van der Waals surface area contributed by atoms with Crippen molar-refractivity contribution in [1.29, 1.82) is 5.26 Å². The first-order valence-corrected chi connectivity index (χ1v) is 6.99. The van der Waals surface area contributed by atoms with Gasteiger partial charge in [-0.05, 0) is 18.4 Å². The molecular formula is C14H27N3O. The van der Waals surface area contributed by atoms with Crippen molar-refractivity contribution in [3.05, 3.63) is 0 Å². The van der Waals surface area contributed by atoms with E-state index in [0.29, 0.717) is 12.5 Å². The van der Waals surface area contributed by atoms with E-state index in [4.69, 9.17) is 10.00 Å². The number of morpholine rings is 1. The molecule has 0 saturated carbocycles. The van der Waals surface area contributed by atoms with E-state index in [2.05, 4.69) is 37.1 Å². The fourth-order valence-corrected chi connectivity index (χ4v) is 2.25. The quantitative estimate of drug-likeness (QED) is 0.749. The maximum atomic E-state index is 8.62. The summed E-state index contributed by atoms with van der Waals surface area (Å²) in [5.41, 5.74) is 0.189. The molecule has 18 heavy (non-hydrogen) atoms. The first kappa shape index (κ1) is 15.4. The van der Waals surface area contributed by atoms with Crippen LogP contribution < -0.4 is 5.32 Å². The number of nitrogens with zero attached hydrogens (tertiary/aromatic N) is 2. The van der Waals surface area contributed by atoms with Gasteiger partial charge in [0, 0.05) is 32.6 Å². The standard InChI is InChI=1S/C14H27N3O/c1-4-17-8-9-18-13(11-17)10-16-12-14(2,3)6-5-7-15/h13,16H,4-6,8-12H2,1-3H3. The lowest BCUT2D eigenvalue weighted by Crippen LogP contribution is -2.47. The van der Waals surface area contributed by atoms with Crippen molar-refractivity contribution in [2.45, 2.75) is 39.7 Å². The van der Waals surface area contributed by atoms with Crippen molar-refractivity contribution in [2.24, 2.45) is 5.41 Å². The highest BCUT2D eigenvalue weighted by Crippen LogP contribution is 2.20. The molecule has 1 rings (SSSR count). The Morgan fingerprint density at radius 3 is 2.94 bits per heavy atom. The van der Waals surface area contributed by atoms with Gasteiger partial charge in [-0.3, -0.25) is 4.90 Å². The molecule has 1 saturated heterocycles. The summed E-state index contributed by atoms with van der Waals surface area (Å²) in [6, 6.07) is 2.22. The van der Waals surface area contributed by atoms with Crippen LogP contribution in [-0.4, -0.2) is 50.3 Å². The van der Waals surface area contributed by atoms with Gasteiger partial charge in [0.15, 0.2) is 0 Å². The van der Waals surface area contributed by atoms with Crippen LogP contribution in [0.2, 0.25) is 0 Å². The second kappa shape index (κ2) is 7.73. The van der Waals surface area contributed by atoms with E-state index >= 15 is 0 Å². The molecule has 0 bridgehead atoms. The Labute approximate surface area is 111 Å². The molecule has 1 unspecified atom stereocenters. The molecule has 0 aromatic carbocycles. The number of nitrogens with one attached hydrogen (secondary N) is 1. The van der Waals surface area contributed by atoms with Gasteiger partial charge < -0.3 is 10.1 Å². The fraction of sp³-hybridized carbons (Fsp3) is 0.929. The molecule has 1 N–H and O–H groups in total. The van der Waals surface area contributed by atoms with Gasteiger partial charge in [0.25, 0.3) is 0 Å². The molecule has 0 radical (unpaired) electrons. The van der Waals surface area contributed by atoms with E-state index in [1.165, 1.54) is 0 Å². The topological polar surface area (TPSA) is 48.3 Å². The van der Waals surface area contributed by atoms with Crippen molar-refractivity contribution < 1.29 is 4.74 Å². The SMILES string of the molecule is CCN1CCOC(CNCC(C)(C)CCC#N)C1. The van der Waals surface area contributed by atoms with Crippen LogP contribution in [0.1, 0.15) is 33.6 Å². The van der Waals surface area contributed by atoms with Gasteiger partial charge in [-0.2, -0.15) is 5.26 Å². The Morgan fingerprint density at radius 2 is 2.28 bits per heavy atom. The Morgan fingerprint density at radius 1 is 1.50 bits per heavy atom. The molecule has 1 aliphatic heterocycles. The Hall–Kier alpha value is -0.630. The molecule has 0 amide bonds. The monoisotopic (exact) mass is 253 g/mol. The maximum absolute atomic E-state index is 8.62. The molecule has 1 aliphatic rings. The number of nitriles is 1. The van der Waals surface area contributed by atoms with Gasteiger partial charge in [0.05, 0.1) is 18.8 Å². The van der Waals surface area contributed by atoms with E-state index in [1.807, 2.05) is 0 Å². The normalized spacial score (nSPS) is 21.8. The Balaban J connectivity index is 2.18. The fourth-order valence-electron chi connectivity index (χ4n) is 2.25. The predicted octanol–water partition coefficient (Wildman–Crippen LogP) is 1.63. The molecule has 0 aromatic rings. The Bertz CT molecular complexity index is 273. The summed E-state index contributed by atoms with van der Waals surface area (Å²) in [4.78, 5) is 2.43. The number of hydrogen-bond acceptors (Lipinski definition) is 4.